The molecule has 1 aliphatic rings. The van der Waals surface area contributed by atoms with Gasteiger partial charge < -0.3 is 24.6 Å². The van der Waals surface area contributed by atoms with Gasteiger partial charge in [-0.1, -0.05) is 13.0 Å². The fourth-order valence-corrected chi connectivity index (χ4v) is 2.24. The van der Waals surface area contributed by atoms with Crippen LogP contribution in [-0.2, 0) is 14.3 Å². The molecule has 7 nitrogen and oxygen atoms in total. The predicted octanol–water partition coefficient (Wildman–Crippen LogP) is 2.14. The number of phenols is 1. The number of nitrogens with zero attached hydrogens (tertiary/aromatic N) is 1. The molecule has 0 radical (unpaired) electrons. The second-order valence-electron chi connectivity index (χ2n) is 5.47. The van der Waals surface area contributed by atoms with Gasteiger partial charge >= 0.3 is 0 Å². The molecule has 0 spiro atoms. The molecule has 0 aromatic heterocycles. The first-order chi connectivity index (χ1) is 11.9. The van der Waals surface area contributed by atoms with Gasteiger partial charge in [0.1, 0.15) is 0 Å². The molecule has 1 aliphatic heterocycles. The molecule has 2 N–H and O–H groups in total. The number of aromatic hydroxyl groups is 1. The van der Waals surface area contributed by atoms with Gasteiger partial charge in [0, 0.05) is 26.1 Å². The Kier molecular flexibility index (Phi) is 8.49. The van der Waals surface area contributed by atoms with Crippen LogP contribution in [-0.4, -0.2) is 59.9 Å². The third-order valence-electron chi connectivity index (χ3n) is 3.53. The van der Waals surface area contributed by atoms with Gasteiger partial charge in [0.2, 0.25) is 5.91 Å². The molecule has 2 rings (SSSR count). The number of phenolic OH excluding ortho intramolecular Hbond substituents is 1. The minimum atomic E-state index is -0.833. The number of carboxylic acid groups (broad SMARTS) is 1. The van der Waals surface area contributed by atoms with Crippen LogP contribution >= 0.6 is 0 Å². The summed E-state index contributed by atoms with van der Waals surface area (Å²) in [5.74, 6) is -0.384. The molecule has 138 valence electrons. The van der Waals surface area contributed by atoms with Crippen molar-refractivity contribution in [3.63, 3.8) is 0 Å². The number of ether oxygens (including phenoxy) is 2. The highest BCUT2D eigenvalue weighted by atomic mass is 16.5. The molecule has 1 aromatic rings. The number of amides is 1. The molecule has 1 fully saturated rings. The maximum atomic E-state index is 12.2. The van der Waals surface area contributed by atoms with Gasteiger partial charge in [0.15, 0.2) is 11.5 Å². The fraction of sp³-hybridized carbons (Fsp3) is 0.444. The second-order valence-corrected chi connectivity index (χ2v) is 5.47. The third kappa shape index (κ3) is 7.26. The second kappa shape index (κ2) is 10.4. The van der Waals surface area contributed by atoms with Crippen LogP contribution in [0.3, 0.4) is 0 Å². The molecular formula is C18H25NO6. The molecule has 1 aromatic carbocycles. The quantitative estimate of drug-likeness (QED) is 0.807. The molecule has 1 unspecified atom stereocenters. The van der Waals surface area contributed by atoms with Gasteiger partial charge in [-0.3, -0.25) is 9.59 Å². The van der Waals surface area contributed by atoms with Gasteiger partial charge in [0.25, 0.3) is 5.97 Å². The number of carbonyl (C=O) groups excluding carboxylic acids is 1. The van der Waals surface area contributed by atoms with E-state index in [0.29, 0.717) is 25.4 Å². The topological polar surface area (TPSA) is 96.3 Å². The Bertz CT molecular complexity index is 610. The highest BCUT2D eigenvalue weighted by molar-refractivity contribution is 5.92. The molecule has 0 saturated carbocycles. The highest BCUT2D eigenvalue weighted by Crippen LogP contribution is 2.26. The van der Waals surface area contributed by atoms with E-state index in [4.69, 9.17) is 19.4 Å². The summed E-state index contributed by atoms with van der Waals surface area (Å²) >= 11 is 0. The Labute approximate surface area is 147 Å². The lowest BCUT2D eigenvalue weighted by atomic mass is 10.1. The van der Waals surface area contributed by atoms with Crippen molar-refractivity contribution < 1.29 is 29.3 Å². The Morgan fingerprint density at radius 2 is 2.12 bits per heavy atom. The molecule has 1 atom stereocenters. The minimum Gasteiger partial charge on any atom is -0.504 e. The van der Waals surface area contributed by atoms with Crippen molar-refractivity contribution >= 4 is 18.0 Å². The number of benzene rings is 1. The molecule has 0 bridgehead atoms. The van der Waals surface area contributed by atoms with E-state index in [9.17, 15) is 9.90 Å². The van der Waals surface area contributed by atoms with Crippen molar-refractivity contribution in [3.8, 4) is 11.5 Å². The van der Waals surface area contributed by atoms with E-state index >= 15 is 0 Å². The summed E-state index contributed by atoms with van der Waals surface area (Å²) in [6.07, 6.45) is 4.30. The largest absolute Gasteiger partial charge is 0.504 e. The molecule has 1 heterocycles. The van der Waals surface area contributed by atoms with Crippen LogP contribution in [0.2, 0.25) is 0 Å². The first kappa shape index (κ1) is 20.5. The van der Waals surface area contributed by atoms with Crippen molar-refractivity contribution in [2.75, 3.05) is 26.8 Å². The standard InChI is InChI=1S/C16H21NO4.C2H4O2/c1-3-13-11-17(8-9-21-13)16(19)7-5-12-4-6-14(18)15(10-12)20-2;1-2(3)4/h4-7,10,13,18H,3,8-9,11H2,1-2H3;1H3,(H,3,4)/b7-5+;. The van der Waals surface area contributed by atoms with E-state index < -0.39 is 5.97 Å². The molecule has 1 amide bonds. The summed E-state index contributed by atoms with van der Waals surface area (Å²) in [6, 6.07) is 4.97. The lowest BCUT2D eigenvalue weighted by molar-refractivity contribution is -0.134. The van der Waals surface area contributed by atoms with Crippen molar-refractivity contribution in [1.82, 2.24) is 4.90 Å². The SMILES string of the molecule is CC(=O)O.CCC1CN(C(=O)/C=C/c2ccc(O)c(OC)c2)CCO1. The van der Waals surface area contributed by atoms with Gasteiger partial charge in [0.05, 0.1) is 19.8 Å². The molecule has 7 heteroatoms. The highest BCUT2D eigenvalue weighted by Gasteiger charge is 2.21. The van der Waals surface area contributed by atoms with Crippen molar-refractivity contribution in [3.05, 3.63) is 29.8 Å². The third-order valence-corrected chi connectivity index (χ3v) is 3.53. The molecule has 0 aliphatic carbocycles. The van der Waals surface area contributed by atoms with Crippen LogP contribution in [0, 0.1) is 0 Å². The summed E-state index contributed by atoms with van der Waals surface area (Å²) < 4.78 is 10.6. The van der Waals surface area contributed by atoms with E-state index in [1.807, 2.05) is 0 Å². The van der Waals surface area contributed by atoms with E-state index in [-0.39, 0.29) is 17.8 Å². The fourth-order valence-electron chi connectivity index (χ4n) is 2.24. The first-order valence-electron chi connectivity index (χ1n) is 8.02. The Morgan fingerprint density at radius 1 is 1.44 bits per heavy atom. The summed E-state index contributed by atoms with van der Waals surface area (Å²) in [5.41, 5.74) is 0.804. The number of rotatable bonds is 4. The summed E-state index contributed by atoms with van der Waals surface area (Å²) in [4.78, 5) is 23.0. The normalized spacial score (nSPS) is 16.9. The Hall–Kier alpha value is -2.54. The zero-order valence-corrected chi connectivity index (χ0v) is 14.8. The number of carbonyl (C=O) groups is 2. The van der Waals surface area contributed by atoms with Crippen molar-refractivity contribution in [2.24, 2.45) is 0 Å². The summed E-state index contributed by atoms with van der Waals surface area (Å²) in [5, 5.41) is 17.0. The van der Waals surface area contributed by atoms with Crippen LogP contribution < -0.4 is 4.74 Å². The summed E-state index contributed by atoms with van der Waals surface area (Å²) in [6.45, 7) is 4.99. The first-order valence-corrected chi connectivity index (χ1v) is 8.02. The van der Waals surface area contributed by atoms with Crippen LogP contribution in [0.25, 0.3) is 6.08 Å². The monoisotopic (exact) mass is 351 g/mol. The van der Waals surface area contributed by atoms with Gasteiger partial charge in [-0.2, -0.15) is 0 Å². The van der Waals surface area contributed by atoms with Gasteiger partial charge in [-0.05, 0) is 30.2 Å². The van der Waals surface area contributed by atoms with Crippen molar-refractivity contribution in [2.45, 2.75) is 26.4 Å². The summed E-state index contributed by atoms with van der Waals surface area (Å²) in [7, 11) is 1.49. The lowest BCUT2D eigenvalue weighted by Gasteiger charge is -2.31. The zero-order chi connectivity index (χ0) is 18.8. The maximum absolute atomic E-state index is 12.2. The number of methoxy groups -OCH3 is 1. The Balaban J connectivity index is 0.000000705. The number of morpholine rings is 1. The number of aliphatic carboxylic acids is 1. The average Bonchev–Trinajstić information content (AvgIpc) is 2.60. The van der Waals surface area contributed by atoms with Gasteiger partial charge in [-0.15, -0.1) is 0 Å². The molecule has 25 heavy (non-hydrogen) atoms. The van der Waals surface area contributed by atoms with Gasteiger partial charge in [-0.25, -0.2) is 0 Å². The average molecular weight is 351 g/mol. The van der Waals surface area contributed by atoms with E-state index in [1.54, 1.807) is 35.3 Å². The minimum absolute atomic E-state index is 0.0243. The lowest BCUT2D eigenvalue weighted by Crippen LogP contribution is -2.44. The van der Waals surface area contributed by atoms with E-state index in [0.717, 1.165) is 18.9 Å². The zero-order valence-electron chi connectivity index (χ0n) is 14.8. The smallest absolute Gasteiger partial charge is 0.300 e. The van der Waals surface area contributed by atoms with Crippen molar-refractivity contribution in [1.29, 1.82) is 0 Å². The predicted molar refractivity (Wildman–Crippen MR) is 93.6 cm³/mol. The van der Waals surface area contributed by atoms with E-state index in [2.05, 4.69) is 6.92 Å². The van der Waals surface area contributed by atoms with Crippen LogP contribution in [0.4, 0.5) is 0 Å². The Morgan fingerprint density at radius 3 is 2.72 bits per heavy atom. The molecular weight excluding hydrogens is 326 g/mol. The van der Waals surface area contributed by atoms with Crippen LogP contribution in [0.15, 0.2) is 24.3 Å². The molecule has 1 saturated heterocycles. The van der Waals surface area contributed by atoms with E-state index in [1.165, 1.54) is 7.11 Å². The van der Waals surface area contributed by atoms with Crippen LogP contribution in [0.1, 0.15) is 25.8 Å². The maximum Gasteiger partial charge on any atom is 0.300 e. The number of hydrogen-bond donors (Lipinski definition) is 2. The number of hydrogen-bond acceptors (Lipinski definition) is 5. The number of carboxylic acids is 1. The van der Waals surface area contributed by atoms with Crippen LogP contribution in [0.5, 0.6) is 11.5 Å².